The van der Waals surface area contributed by atoms with Crippen LogP contribution in [-0.2, 0) is 24.7 Å². The van der Waals surface area contributed by atoms with Gasteiger partial charge in [-0.3, -0.25) is 4.79 Å². The Kier molecular flexibility index (Phi) is 5.45. The summed E-state index contributed by atoms with van der Waals surface area (Å²) in [5, 5.41) is 17.6. The molecule has 0 saturated heterocycles. The number of hydrogen-bond acceptors (Lipinski definition) is 6. The van der Waals surface area contributed by atoms with Gasteiger partial charge in [0, 0.05) is 12.9 Å². The lowest BCUT2D eigenvalue weighted by Crippen LogP contribution is -2.41. The first-order valence-corrected chi connectivity index (χ1v) is 9.11. The average Bonchev–Trinajstić information content (AvgIpc) is 2.37. The zero-order valence-corrected chi connectivity index (χ0v) is 12.7. The van der Waals surface area contributed by atoms with Crippen LogP contribution in [0, 0.1) is 0 Å². The largest absolute Gasteiger partial charge is 0.480 e. The summed E-state index contributed by atoms with van der Waals surface area (Å²) in [6, 6.07) is 2.90. The highest BCUT2D eigenvalue weighted by Gasteiger charge is 2.25. The molecular weight excluding hydrogens is 322 g/mol. The molecule has 1 aromatic carbocycles. The predicted octanol–water partition coefficient (Wildman–Crippen LogP) is -0.796. The number of carboxylic acid groups (broad SMARTS) is 1. The Bertz CT molecular complexity index is 707. The van der Waals surface area contributed by atoms with E-state index in [1.54, 1.807) is 0 Å². The molecule has 1 aromatic rings. The summed E-state index contributed by atoms with van der Waals surface area (Å²) in [5.41, 5.74) is 0. The van der Waals surface area contributed by atoms with Gasteiger partial charge in [-0.15, -0.1) is 0 Å². The summed E-state index contributed by atoms with van der Waals surface area (Å²) < 4.78 is 48.4. The molecule has 1 atom stereocenters. The average molecular weight is 337 g/mol. The number of benzene rings is 1. The quantitative estimate of drug-likeness (QED) is 0.592. The first-order valence-electron chi connectivity index (χ1n) is 5.74. The van der Waals surface area contributed by atoms with Crippen molar-refractivity contribution in [3.05, 3.63) is 24.3 Å². The summed E-state index contributed by atoms with van der Waals surface area (Å²) >= 11 is 0. The van der Waals surface area contributed by atoms with Crippen molar-refractivity contribution in [2.45, 2.75) is 22.3 Å². The van der Waals surface area contributed by atoms with Crippen LogP contribution in [0.15, 0.2) is 34.1 Å². The molecule has 0 bridgehead atoms. The molecule has 0 fully saturated rings. The van der Waals surface area contributed by atoms with Crippen LogP contribution in [0.2, 0.25) is 0 Å². The van der Waals surface area contributed by atoms with Gasteiger partial charge in [0.1, 0.15) is 6.04 Å². The van der Waals surface area contributed by atoms with Crippen LogP contribution in [0.5, 0.6) is 0 Å². The molecule has 10 heteroatoms. The third-order valence-corrected chi connectivity index (χ3v) is 5.19. The monoisotopic (exact) mass is 337 g/mol. The van der Waals surface area contributed by atoms with Crippen molar-refractivity contribution in [3.63, 3.8) is 0 Å². The van der Waals surface area contributed by atoms with Gasteiger partial charge in [0.25, 0.3) is 0 Å². The maximum absolute atomic E-state index is 12.0. The van der Waals surface area contributed by atoms with Crippen LogP contribution in [-0.4, -0.2) is 51.9 Å². The van der Waals surface area contributed by atoms with Crippen molar-refractivity contribution < 1.29 is 31.8 Å². The Hall–Kier alpha value is -1.49. The lowest BCUT2D eigenvalue weighted by Gasteiger charge is -2.13. The molecule has 3 N–H and O–H groups in total. The molecule has 0 amide bonds. The zero-order chi connectivity index (χ0) is 16.3. The first-order chi connectivity index (χ1) is 9.58. The molecule has 1 rings (SSSR count). The molecule has 0 unspecified atom stereocenters. The van der Waals surface area contributed by atoms with Crippen LogP contribution >= 0.6 is 0 Å². The van der Waals surface area contributed by atoms with Gasteiger partial charge < -0.3 is 10.2 Å². The minimum Gasteiger partial charge on any atom is -0.480 e. The predicted molar refractivity (Wildman–Crippen MR) is 73.0 cm³/mol. The highest BCUT2D eigenvalue weighted by molar-refractivity contribution is 7.90. The molecule has 0 saturated carbocycles. The molecule has 0 heterocycles. The molecule has 118 valence electrons. The Labute approximate surface area is 122 Å². The second-order valence-electron chi connectivity index (χ2n) is 4.27. The Morgan fingerprint density at radius 2 is 1.62 bits per heavy atom. The summed E-state index contributed by atoms with van der Waals surface area (Å²) in [6.45, 7) is -0.494. The van der Waals surface area contributed by atoms with E-state index in [4.69, 9.17) is 10.2 Å². The molecule has 0 aromatic heterocycles. The van der Waals surface area contributed by atoms with Crippen molar-refractivity contribution in [1.29, 1.82) is 0 Å². The normalized spacial score (nSPS) is 13.8. The number of aliphatic hydroxyl groups excluding tert-OH is 1. The van der Waals surface area contributed by atoms with Crippen molar-refractivity contribution in [3.8, 4) is 0 Å². The smallest absolute Gasteiger partial charge is 0.321 e. The van der Waals surface area contributed by atoms with Gasteiger partial charge in [-0.1, -0.05) is 0 Å². The fraction of sp³-hybridized carbons (Fsp3) is 0.364. The summed E-state index contributed by atoms with van der Waals surface area (Å²) in [6.07, 6.45) is 0.701. The summed E-state index contributed by atoms with van der Waals surface area (Å²) in [7, 11) is -7.58. The van der Waals surface area contributed by atoms with E-state index in [-0.39, 0.29) is 16.2 Å². The molecule has 0 radical (unpaired) electrons. The van der Waals surface area contributed by atoms with Crippen LogP contribution in [0.25, 0.3) is 0 Å². The number of carbonyl (C=O) groups is 1. The van der Waals surface area contributed by atoms with E-state index in [1.165, 1.54) is 0 Å². The van der Waals surface area contributed by atoms with Gasteiger partial charge in [-0.2, -0.15) is 4.72 Å². The van der Waals surface area contributed by atoms with Crippen LogP contribution in [0.3, 0.4) is 0 Å². The van der Waals surface area contributed by atoms with Gasteiger partial charge in [-0.05, 0) is 30.7 Å². The van der Waals surface area contributed by atoms with Crippen molar-refractivity contribution in [2.24, 2.45) is 0 Å². The number of sulfonamides is 1. The minimum atomic E-state index is -4.13. The Balaban J connectivity index is 3.05. The minimum absolute atomic E-state index is 0.0495. The molecule has 0 spiro atoms. The van der Waals surface area contributed by atoms with Crippen LogP contribution in [0.4, 0.5) is 0 Å². The van der Waals surface area contributed by atoms with E-state index in [9.17, 15) is 21.6 Å². The van der Waals surface area contributed by atoms with E-state index >= 15 is 0 Å². The van der Waals surface area contributed by atoms with E-state index < -0.39 is 38.5 Å². The third-order valence-electron chi connectivity index (χ3n) is 2.58. The lowest BCUT2D eigenvalue weighted by atomic mass is 10.2. The lowest BCUT2D eigenvalue weighted by molar-refractivity contribution is -0.139. The van der Waals surface area contributed by atoms with E-state index in [2.05, 4.69) is 0 Å². The maximum atomic E-state index is 12.0. The Morgan fingerprint density at radius 3 is 2.00 bits per heavy atom. The second kappa shape index (κ2) is 6.52. The number of hydrogen-bond donors (Lipinski definition) is 3. The number of carboxylic acids is 1. The van der Waals surface area contributed by atoms with Crippen LogP contribution < -0.4 is 4.72 Å². The number of sulfone groups is 1. The summed E-state index contributed by atoms with van der Waals surface area (Å²) in [5.74, 6) is -1.42. The van der Waals surface area contributed by atoms with Gasteiger partial charge >= 0.3 is 5.97 Å². The van der Waals surface area contributed by atoms with E-state index in [0.29, 0.717) is 0 Å². The standard InChI is InChI=1S/C11H15NO7S2/c1-20(16,17)8-2-4-9(5-3-8)21(18,19)12-10(6-7-13)11(14)15/h2-5,10,12-13H,6-7H2,1H3,(H,14,15)/t10-/m1/s1. The summed E-state index contributed by atoms with van der Waals surface area (Å²) in [4.78, 5) is 10.6. The fourth-order valence-corrected chi connectivity index (χ4v) is 3.34. The molecule has 8 nitrogen and oxygen atoms in total. The van der Waals surface area contributed by atoms with Gasteiger partial charge in [-0.25, -0.2) is 16.8 Å². The number of aliphatic carboxylic acids is 1. The molecule has 0 aliphatic carbocycles. The SMILES string of the molecule is CS(=O)(=O)c1ccc(S(=O)(=O)N[C@H](CCO)C(=O)O)cc1. The first kappa shape index (κ1) is 17.6. The van der Waals surface area contributed by atoms with Gasteiger partial charge in [0.05, 0.1) is 9.79 Å². The van der Waals surface area contributed by atoms with Crippen molar-refractivity contribution in [2.75, 3.05) is 12.9 Å². The van der Waals surface area contributed by atoms with Crippen LogP contribution in [0.1, 0.15) is 6.42 Å². The van der Waals surface area contributed by atoms with Crippen molar-refractivity contribution >= 4 is 25.8 Å². The molecule has 0 aliphatic heterocycles. The van der Waals surface area contributed by atoms with Gasteiger partial charge in [0.2, 0.25) is 10.0 Å². The fourth-order valence-electron chi connectivity index (χ4n) is 1.48. The molecule has 0 aliphatic rings. The topological polar surface area (TPSA) is 138 Å². The van der Waals surface area contributed by atoms with E-state index in [1.807, 2.05) is 4.72 Å². The molecule has 21 heavy (non-hydrogen) atoms. The second-order valence-corrected chi connectivity index (χ2v) is 8.00. The molecular formula is C11H15NO7S2. The zero-order valence-electron chi connectivity index (χ0n) is 11.1. The van der Waals surface area contributed by atoms with Crippen molar-refractivity contribution in [1.82, 2.24) is 4.72 Å². The Morgan fingerprint density at radius 1 is 1.14 bits per heavy atom. The van der Waals surface area contributed by atoms with Gasteiger partial charge in [0.15, 0.2) is 9.84 Å². The number of rotatable bonds is 7. The maximum Gasteiger partial charge on any atom is 0.321 e. The highest BCUT2D eigenvalue weighted by Crippen LogP contribution is 2.15. The third kappa shape index (κ3) is 4.77. The highest BCUT2D eigenvalue weighted by atomic mass is 32.2. The van der Waals surface area contributed by atoms with E-state index in [0.717, 1.165) is 30.5 Å². The number of nitrogens with one attached hydrogen (secondary N) is 1. The number of aliphatic hydroxyl groups is 1.